The summed E-state index contributed by atoms with van der Waals surface area (Å²) >= 11 is 6.16. The summed E-state index contributed by atoms with van der Waals surface area (Å²) in [6.07, 6.45) is 0. The summed E-state index contributed by atoms with van der Waals surface area (Å²) in [6, 6.07) is 15.2. The van der Waals surface area contributed by atoms with Gasteiger partial charge in [-0.05, 0) is 92.4 Å². The molecule has 0 radical (unpaired) electrons. The molecule has 0 aliphatic rings. The van der Waals surface area contributed by atoms with E-state index in [-0.39, 0.29) is 28.6 Å². The minimum atomic E-state index is -3.99. The third kappa shape index (κ3) is 6.27. The number of nitrogens with one attached hydrogen (secondary N) is 2. The number of amides is 1. The van der Waals surface area contributed by atoms with Gasteiger partial charge >= 0.3 is 0 Å². The van der Waals surface area contributed by atoms with E-state index in [1.807, 2.05) is 52.0 Å². The number of carbonyl (C=O) groups excluding carboxylic acids is 1. The highest BCUT2D eigenvalue weighted by atomic mass is 35.5. The lowest BCUT2D eigenvalue weighted by atomic mass is 10.1. The van der Waals surface area contributed by atoms with Crippen molar-refractivity contribution in [3.8, 4) is 5.75 Å². The smallest absolute Gasteiger partial charge is 0.263 e. The molecule has 33 heavy (non-hydrogen) atoms. The Labute approximate surface area is 200 Å². The van der Waals surface area contributed by atoms with Gasteiger partial charge in [-0.2, -0.15) is 0 Å². The standard InChI is InChI=1S/C25H27ClN2O4S/c1-16-5-8-21(13-18(16)3)28-33(30,31)24-15-20(7-10-23(24)26)25(29)27-11-12-32-22-9-6-17(2)19(4)14-22/h5-10,13-15,28H,11-12H2,1-4H3,(H,27,29). The first-order valence-corrected chi connectivity index (χ1v) is 12.3. The fourth-order valence-electron chi connectivity index (χ4n) is 3.10. The predicted molar refractivity (Wildman–Crippen MR) is 132 cm³/mol. The first-order valence-electron chi connectivity index (χ1n) is 10.4. The summed E-state index contributed by atoms with van der Waals surface area (Å²) in [7, 11) is -3.99. The van der Waals surface area contributed by atoms with Gasteiger partial charge < -0.3 is 10.1 Å². The number of ether oxygens (including phenoxy) is 1. The number of carbonyl (C=O) groups is 1. The van der Waals surface area contributed by atoms with Crippen molar-refractivity contribution in [2.45, 2.75) is 32.6 Å². The van der Waals surface area contributed by atoms with Crippen LogP contribution in [0, 0.1) is 27.7 Å². The lowest BCUT2D eigenvalue weighted by Crippen LogP contribution is -2.28. The SMILES string of the molecule is Cc1ccc(NS(=O)(=O)c2cc(C(=O)NCCOc3ccc(C)c(C)c3)ccc2Cl)cc1C. The summed E-state index contributed by atoms with van der Waals surface area (Å²) < 4.78 is 34.0. The van der Waals surface area contributed by atoms with Crippen LogP contribution < -0.4 is 14.8 Å². The topological polar surface area (TPSA) is 84.5 Å². The molecule has 3 aromatic rings. The van der Waals surface area contributed by atoms with E-state index >= 15 is 0 Å². The molecule has 0 spiro atoms. The number of sulfonamides is 1. The molecule has 174 valence electrons. The number of anilines is 1. The minimum absolute atomic E-state index is 0.0287. The number of hydrogen-bond donors (Lipinski definition) is 2. The van der Waals surface area contributed by atoms with Crippen molar-refractivity contribution < 1.29 is 17.9 Å². The highest BCUT2D eigenvalue weighted by molar-refractivity contribution is 7.92. The summed E-state index contributed by atoms with van der Waals surface area (Å²) in [6.45, 7) is 8.41. The first kappa shape index (κ1) is 24.6. The van der Waals surface area contributed by atoms with Gasteiger partial charge in [0.1, 0.15) is 17.3 Å². The zero-order valence-corrected chi connectivity index (χ0v) is 20.6. The van der Waals surface area contributed by atoms with Crippen molar-refractivity contribution >= 4 is 33.2 Å². The van der Waals surface area contributed by atoms with Crippen molar-refractivity contribution in [1.82, 2.24) is 5.32 Å². The van der Waals surface area contributed by atoms with E-state index in [1.165, 1.54) is 23.8 Å². The van der Waals surface area contributed by atoms with Crippen molar-refractivity contribution in [2.24, 2.45) is 0 Å². The van der Waals surface area contributed by atoms with Gasteiger partial charge in [0.15, 0.2) is 0 Å². The van der Waals surface area contributed by atoms with Gasteiger partial charge in [-0.3, -0.25) is 9.52 Å². The van der Waals surface area contributed by atoms with Crippen LogP contribution in [-0.4, -0.2) is 27.5 Å². The van der Waals surface area contributed by atoms with E-state index in [0.29, 0.717) is 5.69 Å². The molecule has 0 saturated carbocycles. The molecule has 8 heteroatoms. The monoisotopic (exact) mass is 486 g/mol. The second-order valence-corrected chi connectivity index (χ2v) is 9.96. The molecule has 0 fully saturated rings. The number of halogens is 1. The summed E-state index contributed by atoms with van der Waals surface area (Å²) in [5.41, 5.74) is 4.92. The van der Waals surface area contributed by atoms with Crippen LogP contribution in [0.5, 0.6) is 5.75 Å². The summed E-state index contributed by atoms with van der Waals surface area (Å²) in [5, 5.41) is 2.76. The molecule has 2 N–H and O–H groups in total. The van der Waals surface area contributed by atoms with E-state index in [9.17, 15) is 13.2 Å². The molecular weight excluding hydrogens is 460 g/mol. The second-order valence-electron chi connectivity index (χ2n) is 7.90. The normalized spacial score (nSPS) is 11.2. The highest BCUT2D eigenvalue weighted by Crippen LogP contribution is 2.26. The molecular formula is C25H27ClN2O4S. The van der Waals surface area contributed by atoms with Crippen LogP contribution in [0.15, 0.2) is 59.5 Å². The van der Waals surface area contributed by atoms with Crippen molar-refractivity contribution in [2.75, 3.05) is 17.9 Å². The summed E-state index contributed by atoms with van der Waals surface area (Å²) in [5.74, 6) is 0.308. The van der Waals surface area contributed by atoms with Crippen LogP contribution in [0.1, 0.15) is 32.6 Å². The molecule has 0 atom stereocenters. The van der Waals surface area contributed by atoms with Crippen LogP contribution in [-0.2, 0) is 10.0 Å². The van der Waals surface area contributed by atoms with E-state index in [4.69, 9.17) is 16.3 Å². The maximum atomic E-state index is 12.9. The van der Waals surface area contributed by atoms with Gasteiger partial charge in [-0.15, -0.1) is 0 Å². The molecule has 0 aromatic heterocycles. The van der Waals surface area contributed by atoms with Crippen LogP contribution in [0.25, 0.3) is 0 Å². The third-order valence-electron chi connectivity index (χ3n) is 5.38. The largest absolute Gasteiger partial charge is 0.492 e. The Hall–Kier alpha value is -3.03. The van der Waals surface area contributed by atoms with Gasteiger partial charge in [-0.25, -0.2) is 8.42 Å². The Morgan fingerprint density at radius 3 is 2.21 bits per heavy atom. The second kappa shape index (κ2) is 10.3. The van der Waals surface area contributed by atoms with Crippen LogP contribution in [0.2, 0.25) is 5.02 Å². The first-order chi connectivity index (χ1) is 15.6. The molecule has 3 rings (SSSR count). The fraction of sp³-hybridized carbons (Fsp3) is 0.240. The lowest BCUT2D eigenvalue weighted by Gasteiger charge is -2.13. The van der Waals surface area contributed by atoms with E-state index < -0.39 is 15.9 Å². The Bertz CT molecular complexity index is 1290. The van der Waals surface area contributed by atoms with Gasteiger partial charge in [0.05, 0.1) is 11.6 Å². The molecule has 1 amide bonds. The fourth-order valence-corrected chi connectivity index (χ4v) is 4.68. The molecule has 3 aromatic carbocycles. The molecule has 0 saturated heterocycles. The van der Waals surface area contributed by atoms with Crippen LogP contribution in [0.3, 0.4) is 0 Å². The predicted octanol–water partition coefficient (Wildman–Crippen LogP) is 5.18. The van der Waals surface area contributed by atoms with Crippen molar-refractivity contribution in [1.29, 1.82) is 0 Å². The van der Waals surface area contributed by atoms with Crippen molar-refractivity contribution in [3.05, 3.63) is 87.4 Å². The zero-order chi connectivity index (χ0) is 24.2. The van der Waals surface area contributed by atoms with Gasteiger partial charge in [0.25, 0.3) is 15.9 Å². The molecule has 0 unspecified atom stereocenters. The van der Waals surface area contributed by atoms with E-state index in [2.05, 4.69) is 10.0 Å². The Balaban J connectivity index is 1.66. The van der Waals surface area contributed by atoms with Crippen LogP contribution in [0.4, 0.5) is 5.69 Å². The average Bonchev–Trinajstić information content (AvgIpc) is 2.76. The van der Waals surface area contributed by atoms with Crippen molar-refractivity contribution in [3.63, 3.8) is 0 Å². The maximum absolute atomic E-state index is 12.9. The quantitative estimate of drug-likeness (QED) is 0.429. The third-order valence-corrected chi connectivity index (χ3v) is 7.24. The lowest BCUT2D eigenvalue weighted by molar-refractivity contribution is 0.0947. The molecule has 0 bridgehead atoms. The molecule has 0 heterocycles. The van der Waals surface area contributed by atoms with Gasteiger partial charge in [0.2, 0.25) is 0 Å². The number of hydrogen-bond acceptors (Lipinski definition) is 4. The van der Waals surface area contributed by atoms with E-state index in [1.54, 1.807) is 12.1 Å². The van der Waals surface area contributed by atoms with Crippen LogP contribution >= 0.6 is 11.6 Å². The maximum Gasteiger partial charge on any atom is 0.263 e. The zero-order valence-electron chi connectivity index (χ0n) is 19.0. The Morgan fingerprint density at radius 1 is 0.879 bits per heavy atom. The van der Waals surface area contributed by atoms with Gasteiger partial charge in [-0.1, -0.05) is 23.7 Å². The Kier molecular flexibility index (Phi) is 7.66. The molecule has 0 aliphatic heterocycles. The van der Waals surface area contributed by atoms with E-state index in [0.717, 1.165) is 22.4 Å². The number of aryl methyl sites for hydroxylation is 4. The van der Waals surface area contributed by atoms with Gasteiger partial charge in [0, 0.05) is 11.3 Å². The average molecular weight is 487 g/mol. The molecule has 0 aliphatic carbocycles. The summed E-state index contributed by atoms with van der Waals surface area (Å²) in [4.78, 5) is 12.4. The highest BCUT2D eigenvalue weighted by Gasteiger charge is 2.20. The Morgan fingerprint density at radius 2 is 1.55 bits per heavy atom. The number of rotatable bonds is 8. The molecule has 6 nitrogen and oxygen atoms in total. The minimum Gasteiger partial charge on any atom is -0.492 e. The number of benzene rings is 3.